The molecule has 2 aromatic rings. The molecular formula is C18H22N4O3S. The first-order chi connectivity index (χ1) is 12.3. The monoisotopic (exact) mass is 374 g/mol. The van der Waals surface area contributed by atoms with Gasteiger partial charge in [0.25, 0.3) is 0 Å². The van der Waals surface area contributed by atoms with Crippen LogP contribution in [0.15, 0.2) is 51.5 Å². The van der Waals surface area contributed by atoms with Gasteiger partial charge in [-0.1, -0.05) is 12.8 Å². The Morgan fingerprint density at radius 3 is 2.42 bits per heavy atom. The Bertz CT molecular complexity index is 918. The van der Waals surface area contributed by atoms with E-state index in [4.69, 9.17) is 5.73 Å². The number of nitrogen functional groups attached to an aromatic ring is 1. The fourth-order valence-electron chi connectivity index (χ4n) is 2.92. The van der Waals surface area contributed by atoms with E-state index in [9.17, 15) is 13.5 Å². The number of azo groups is 1. The van der Waals surface area contributed by atoms with Crippen LogP contribution in [0.3, 0.4) is 0 Å². The van der Waals surface area contributed by atoms with Crippen LogP contribution in [-0.2, 0) is 10.0 Å². The van der Waals surface area contributed by atoms with Gasteiger partial charge in [-0.3, -0.25) is 0 Å². The summed E-state index contributed by atoms with van der Waals surface area (Å²) < 4.78 is 27.5. The lowest BCUT2D eigenvalue weighted by atomic mass is 10.2. The maximum atomic E-state index is 12.4. The molecule has 26 heavy (non-hydrogen) atoms. The number of anilines is 1. The van der Waals surface area contributed by atoms with Crippen LogP contribution >= 0.6 is 0 Å². The van der Waals surface area contributed by atoms with E-state index in [2.05, 4.69) is 15.0 Å². The molecule has 138 valence electrons. The highest BCUT2D eigenvalue weighted by Gasteiger charge is 2.22. The van der Waals surface area contributed by atoms with E-state index in [0.717, 1.165) is 25.7 Å². The molecule has 0 radical (unpaired) electrons. The fourth-order valence-corrected chi connectivity index (χ4v) is 4.22. The summed E-state index contributed by atoms with van der Waals surface area (Å²) in [5.41, 5.74) is 7.73. The van der Waals surface area contributed by atoms with Crippen molar-refractivity contribution in [1.29, 1.82) is 0 Å². The maximum Gasteiger partial charge on any atom is 0.240 e. The van der Waals surface area contributed by atoms with E-state index in [1.807, 2.05) is 0 Å². The highest BCUT2D eigenvalue weighted by atomic mass is 32.2. The first kappa shape index (κ1) is 18.3. The first-order valence-corrected chi connectivity index (χ1v) is 9.97. The Labute approximate surface area is 153 Å². The zero-order valence-corrected chi connectivity index (χ0v) is 15.3. The minimum absolute atomic E-state index is 0.0278. The molecule has 0 unspecified atom stereocenters. The fraction of sp³-hybridized carbons (Fsp3) is 0.333. The Morgan fingerprint density at radius 1 is 1.12 bits per heavy atom. The van der Waals surface area contributed by atoms with Crippen molar-refractivity contribution in [1.82, 2.24) is 4.72 Å². The van der Waals surface area contributed by atoms with Gasteiger partial charge in [0.2, 0.25) is 10.0 Å². The van der Waals surface area contributed by atoms with E-state index in [1.165, 1.54) is 18.2 Å². The average Bonchev–Trinajstić information content (AvgIpc) is 3.09. The van der Waals surface area contributed by atoms with Gasteiger partial charge in [-0.25, -0.2) is 13.1 Å². The molecule has 2 aromatic carbocycles. The molecule has 0 saturated heterocycles. The third kappa shape index (κ3) is 4.20. The summed E-state index contributed by atoms with van der Waals surface area (Å²) in [6.45, 7) is 1.74. The van der Waals surface area contributed by atoms with Gasteiger partial charge >= 0.3 is 0 Å². The molecule has 4 N–H and O–H groups in total. The molecule has 0 aliphatic heterocycles. The molecule has 0 aromatic heterocycles. The predicted octanol–water partition coefficient (Wildman–Crippen LogP) is 3.92. The van der Waals surface area contributed by atoms with E-state index < -0.39 is 10.0 Å². The minimum atomic E-state index is -3.51. The SMILES string of the molecule is Cc1cc(N=Nc2ccc(S(=O)(=O)NC3CCCC3)cc2)c(N)cc1O. The van der Waals surface area contributed by atoms with Crippen LogP contribution in [-0.4, -0.2) is 19.6 Å². The van der Waals surface area contributed by atoms with Crippen LogP contribution in [0.5, 0.6) is 5.75 Å². The van der Waals surface area contributed by atoms with Crippen LogP contribution in [0.2, 0.25) is 0 Å². The summed E-state index contributed by atoms with van der Waals surface area (Å²) in [5.74, 6) is 0.103. The Hall–Kier alpha value is -2.45. The summed E-state index contributed by atoms with van der Waals surface area (Å²) in [6.07, 6.45) is 3.90. The molecule has 3 rings (SSSR count). The minimum Gasteiger partial charge on any atom is -0.508 e. The van der Waals surface area contributed by atoms with Gasteiger partial charge in [0.1, 0.15) is 11.4 Å². The molecule has 0 amide bonds. The smallest absolute Gasteiger partial charge is 0.240 e. The van der Waals surface area contributed by atoms with E-state index >= 15 is 0 Å². The van der Waals surface area contributed by atoms with Crippen molar-refractivity contribution in [2.45, 2.75) is 43.5 Å². The lowest BCUT2D eigenvalue weighted by Gasteiger charge is -2.12. The zero-order valence-electron chi connectivity index (χ0n) is 14.5. The molecule has 0 spiro atoms. The lowest BCUT2D eigenvalue weighted by molar-refractivity contribution is 0.471. The number of phenolic OH excluding ortho intramolecular Hbond substituents is 1. The second-order valence-corrected chi connectivity index (χ2v) is 8.21. The number of sulfonamides is 1. The molecule has 1 saturated carbocycles. The quantitative estimate of drug-likeness (QED) is 0.543. The molecule has 1 aliphatic carbocycles. The second-order valence-electron chi connectivity index (χ2n) is 6.49. The van der Waals surface area contributed by atoms with Gasteiger partial charge in [0.05, 0.1) is 16.3 Å². The second kappa shape index (κ2) is 7.43. The molecule has 8 heteroatoms. The van der Waals surface area contributed by atoms with Crippen LogP contribution in [0.4, 0.5) is 17.1 Å². The lowest BCUT2D eigenvalue weighted by Crippen LogP contribution is -2.32. The molecule has 1 fully saturated rings. The van der Waals surface area contributed by atoms with Crippen molar-refractivity contribution >= 4 is 27.1 Å². The number of hydrogen-bond donors (Lipinski definition) is 3. The maximum absolute atomic E-state index is 12.4. The number of hydrogen-bond acceptors (Lipinski definition) is 6. The number of nitrogens with one attached hydrogen (secondary N) is 1. The molecule has 0 atom stereocenters. The number of nitrogens with zero attached hydrogens (tertiary/aromatic N) is 2. The Morgan fingerprint density at radius 2 is 1.77 bits per heavy atom. The third-order valence-corrected chi connectivity index (χ3v) is 5.98. The predicted molar refractivity (Wildman–Crippen MR) is 100 cm³/mol. The van der Waals surface area contributed by atoms with E-state index in [0.29, 0.717) is 22.6 Å². The van der Waals surface area contributed by atoms with Gasteiger partial charge in [-0.2, -0.15) is 5.11 Å². The number of benzene rings is 2. The Kier molecular flexibility index (Phi) is 5.24. The largest absolute Gasteiger partial charge is 0.508 e. The van der Waals surface area contributed by atoms with Crippen LogP contribution in [0.25, 0.3) is 0 Å². The number of rotatable bonds is 5. The van der Waals surface area contributed by atoms with Gasteiger partial charge in [0, 0.05) is 12.1 Å². The van der Waals surface area contributed by atoms with Crippen molar-refractivity contribution in [3.8, 4) is 5.75 Å². The van der Waals surface area contributed by atoms with Gasteiger partial charge < -0.3 is 10.8 Å². The van der Waals surface area contributed by atoms with Gasteiger partial charge in [0.15, 0.2) is 0 Å². The van der Waals surface area contributed by atoms with Crippen LogP contribution < -0.4 is 10.5 Å². The summed E-state index contributed by atoms with van der Waals surface area (Å²) in [4.78, 5) is 0.211. The van der Waals surface area contributed by atoms with Crippen molar-refractivity contribution in [3.63, 3.8) is 0 Å². The number of aromatic hydroxyl groups is 1. The standard InChI is InChI=1S/C18H22N4O3S/c1-12-10-17(16(19)11-18(12)23)21-20-13-6-8-15(9-7-13)26(24,25)22-14-4-2-3-5-14/h6-11,14,22-23H,2-5,19H2,1H3. The molecule has 0 heterocycles. The van der Waals surface area contributed by atoms with Crippen molar-refractivity contribution in [2.24, 2.45) is 10.2 Å². The number of phenols is 1. The number of aryl methyl sites for hydroxylation is 1. The molecule has 7 nitrogen and oxygen atoms in total. The van der Waals surface area contributed by atoms with E-state index in [1.54, 1.807) is 25.1 Å². The van der Waals surface area contributed by atoms with Crippen LogP contribution in [0, 0.1) is 6.92 Å². The Balaban J connectivity index is 1.74. The zero-order chi connectivity index (χ0) is 18.7. The number of nitrogens with two attached hydrogens (primary N) is 1. The van der Waals surface area contributed by atoms with Crippen molar-refractivity contribution in [3.05, 3.63) is 42.0 Å². The van der Waals surface area contributed by atoms with Crippen molar-refractivity contribution in [2.75, 3.05) is 5.73 Å². The third-order valence-electron chi connectivity index (χ3n) is 4.44. The molecule has 1 aliphatic rings. The van der Waals surface area contributed by atoms with E-state index in [-0.39, 0.29) is 16.7 Å². The summed E-state index contributed by atoms with van der Waals surface area (Å²) in [7, 11) is -3.51. The highest BCUT2D eigenvalue weighted by molar-refractivity contribution is 7.89. The van der Waals surface area contributed by atoms with Gasteiger partial charge in [-0.05, 0) is 55.7 Å². The first-order valence-electron chi connectivity index (χ1n) is 8.48. The summed E-state index contributed by atoms with van der Waals surface area (Å²) in [6, 6.07) is 9.30. The van der Waals surface area contributed by atoms with Gasteiger partial charge in [-0.15, -0.1) is 5.11 Å². The summed E-state index contributed by atoms with van der Waals surface area (Å²) in [5, 5.41) is 17.8. The average molecular weight is 374 g/mol. The molecule has 0 bridgehead atoms. The topological polar surface area (TPSA) is 117 Å². The van der Waals surface area contributed by atoms with Crippen molar-refractivity contribution < 1.29 is 13.5 Å². The van der Waals surface area contributed by atoms with Crippen LogP contribution in [0.1, 0.15) is 31.2 Å². The highest BCUT2D eigenvalue weighted by Crippen LogP contribution is 2.31. The summed E-state index contributed by atoms with van der Waals surface area (Å²) >= 11 is 0. The molecular weight excluding hydrogens is 352 g/mol. The normalized spacial score (nSPS) is 15.7.